The van der Waals surface area contributed by atoms with Crippen LogP contribution in [-0.2, 0) is 11.3 Å². The molecule has 0 saturated heterocycles. The summed E-state index contributed by atoms with van der Waals surface area (Å²) in [4.78, 5) is 23.0. The van der Waals surface area contributed by atoms with Gasteiger partial charge >= 0.3 is 0 Å². The highest BCUT2D eigenvalue weighted by Crippen LogP contribution is 2.24. The first-order valence-electron chi connectivity index (χ1n) is 8.52. The number of benzene rings is 1. The minimum atomic E-state index is -0.272. The third-order valence-electron chi connectivity index (χ3n) is 4.07. The van der Waals surface area contributed by atoms with Gasteiger partial charge in [0.25, 0.3) is 5.91 Å². The molecule has 1 aromatic carbocycles. The van der Waals surface area contributed by atoms with Gasteiger partial charge in [0.15, 0.2) is 0 Å². The fourth-order valence-electron chi connectivity index (χ4n) is 2.61. The SMILES string of the molecule is C=C1C=C(C(=O)NCc2ccc(N=C(C)CN)c(N)c2)N=C2C=CC=CN12. The number of aliphatic imine (C=N–C) groups is 2. The van der Waals surface area contributed by atoms with Gasteiger partial charge in [-0.05, 0) is 42.8 Å². The summed E-state index contributed by atoms with van der Waals surface area (Å²) in [5.41, 5.74) is 15.5. The first-order valence-corrected chi connectivity index (χ1v) is 8.52. The predicted octanol–water partition coefficient (Wildman–Crippen LogP) is 2.13. The second-order valence-corrected chi connectivity index (χ2v) is 6.19. The standard InChI is InChI=1S/C20H22N6O/c1-13(11-21)24-17-7-6-15(10-16(17)22)12-23-20(27)18-9-14(2)26-8-4-3-5-19(26)25-18/h3-10H,2,11-12,21-22H2,1H3,(H,23,27). The number of fused-ring (bicyclic) bond motifs is 1. The predicted molar refractivity (Wildman–Crippen MR) is 109 cm³/mol. The highest BCUT2D eigenvalue weighted by Gasteiger charge is 2.20. The Bertz CT molecular complexity index is 936. The second-order valence-electron chi connectivity index (χ2n) is 6.19. The largest absolute Gasteiger partial charge is 0.397 e. The summed E-state index contributed by atoms with van der Waals surface area (Å²) in [5.74, 6) is 0.391. The molecule has 1 aromatic rings. The van der Waals surface area contributed by atoms with Crippen molar-refractivity contribution < 1.29 is 4.79 Å². The van der Waals surface area contributed by atoms with Crippen LogP contribution in [0.15, 0.2) is 76.7 Å². The van der Waals surface area contributed by atoms with E-state index in [1.54, 1.807) is 12.1 Å². The molecule has 0 radical (unpaired) electrons. The average molecular weight is 362 g/mol. The van der Waals surface area contributed by atoms with Crippen LogP contribution in [0.5, 0.6) is 0 Å². The van der Waals surface area contributed by atoms with Crippen molar-refractivity contribution in [3.63, 3.8) is 0 Å². The summed E-state index contributed by atoms with van der Waals surface area (Å²) in [7, 11) is 0. The van der Waals surface area contributed by atoms with E-state index in [0.717, 1.165) is 11.3 Å². The lowest BCUT2D eigenvalue weighted by atomic mass is 10.1. The molecule has 0 atom stereocenters. The fourth-order valence-corrected chi connectivity index (χ4v) is 2.61. The lowest BCUT2D eigenvalue weighted by Gasteiger charge is -2.26. The third kappa shape index (κ3) is 4.21. The Hall–Kier alpha value is -3.45. The van der Waals surface area contributed by atoms with E-state index in [2.05, 4.69) is 21.9 Å². The van der Waals surface area contributed by atoms with Crippen LogP contribution in [0.4, 0.5) is 11.4 Å². The Kier molecular flexibility index (Phi) is 5.33. The van der Waals surface area contributed by atoms with Crippen LogP contribution in [0.3, 0.4) is 0 Å². The maximum absolute atomic E-state index is 12.5. The Morgan fingerprint density at radius 3 is 2.93 bits per heavy atom. The molecule has 0 fully saturated rings. The van der Waals surface area contributed by atoms with Crippen molar-refractivity contribution in [2.45, 2.75) is 13.5 Å². The molecule has 3 rings (SSSR count). The number of nitrogens with zero attached hydrogens (tertiary/aromatic N) is 3. The first-order chi connectivity index (χ1) is 13.0. The summed E-state index contributed by atoms with van der Waals surface area (Å²) in [6.45, 7) is 6.52. The Morgan fingerprint density at radius 2 is 2.19 bits per heavy atom. The van der Waals surface area contributed by atoms with E-state index in [-0.39, 0.29) is 5.91 Å². The van der Waals surface area contributed by atoms with E-state index in [1.165, 1.54) is 0 Å². The average Bonchev–Trinajstić information content (AvgIpc) is 2.67. The van der Waals surface area contributed by atoms with Gasteiger partial charge in [-0.3, -0.25) is 9.79 Å². The van der Waals surface area contributed by atoms with Crippen molar-refractivity contribution >= 4 is 28.8 Å². The molecule has 0 unspecified atom stereocenters. The van der Waals surface area contributed by atoms with Gasteiger partial charge in [-0.1, -0.05) is 18.7 Å². The summed E-state index contributed by atoms with van der Waals surface area (Å²) in [5, 5.41) is 2.86. The molecule has 7 heteroatoms. The molecule has 0 saturated carbocycles. The van der Waals surface area contributed by atoms with Crippen LogP contribution in [0.2, 0.25) is 0 Å². The van der Waals surface area contributed by atoms with Gasteiger partial charge in [0.05, 0.1) is 11.4 Å². The minimum Gasteiger partial charge on any atom is -0.397 e. The number of carbonyl (C=O) groups excluding carboxylic acids is 1. The summed E-state index contributed by atoms with van der Waals surface area (Å²) >= 11 is 0. The number of hydrogen-bond donors (Lipinski definition) is 3. The quantitative estimate of drug-likeness (QED) is 0.550. The number of amidine groups is 1. The van der Waals surface area contributed by atoms with Crippen molar-refractivity contribution in [2.24, 2.45) is 15.7 Å². The molecule has 7 nitrogen and oxygen atoms in total. The van der Waals surface area contributed by atoms with Crippen molar-refractivity contribution in [1.29, 1.82) is 0 Å². The van der Waals surface area contributed by atoms with Crippen LogP contribution in [0.25, 0.3) is 0 Å². The van der Waals surface area contributed by atoms with Crippen molar-refractivity contribution in [3.05, 3.63) is 72.2 Å². The van der Waals surface area contributed by atoms with Crippen molar-refractivity contribution in [2.75, 3.05) is 12.3 Å². The summed E-state index contributed by atoms with van der Waals surface area (Å²) in [6.07, 6.45) is 9.09. The van der Waals surface area contributed by atoms with Gasteiger partial charge in [0.1, 0.15) is 11.5 Å². The Labute approximate surface area is 158 Å². The molecular formula is C20H22N6O. The zero-order valence-electron chi connectivity index (χ0n) is 15.1. The third-order valence-corrected chi connectivity index (χ3v) is 4.07. The number of nitrogens with two attached hydrogens (primary N) is 2. The van der Waals surface area contributed by atoms with E-state index in [4.69, 9.17) is 11.5 Å². The zero-order chi connectivity index (χ0) is 19.4. The normalized spacial score (nSPS) is 16.0. The minimum absolute atomic E-state index is 0.272. The zero-order valence-corrected chi connectivity index (χ0v) is 15.1. The van der Waals surface area contributed by atoms with E-state index >= 15 is 0 Å². The molecule has 1 amide bonds. The molecule has 138 valence electrons. The van der Waals surface area contributed by atoms with E-state index in [9.17, 15) is 4.79 Å². The molecule has 2 aliphatic heterocycles. The maximum Gasteiger partial charge on any atom is 0.270 e. The summed E-state index contributed by atoms with van der Waals surface area (Å²) < 4.78 is 0. The Morgan fingerprint density at radius 1 is 1.37 bits per heavy atom. The molecule has 27 heavy (non-hydrogen) atoms. The second kappa shape index (κ2) is 7.84. The molecule has 5 N–H and O–H groups in total. The van der Waals surface area contributed by atoms with Gasteiger partial charge in [-0.15, -0.1) is 0 Å². The smallest absolute Gasteiger partial charge is 0.270 e. The first kappa shape index (κ1) is 18.3. The highest BCUT2D eigenvalue weighted by molar-refractivity contribution is 6.04. The van der Waals surface area contributed by atoms with Gasteiger partial charge in [-0.2, -0.15) is 0 Å². The van der Waals surface area contributed by atoms with Crippen LogP contribution in [0, 0.1) is 0 Å². The van der Waals surface area contributed by atoms with Gasteiger partial charge in [0, 0.05) is 30.7 Å². The molecule has 0 aliphatic carbocycles. The number of amides is 1. The van der Waals surface area contributed by atoms with Gasteiger partial charge in [-0.25, -0.2) is 4.99 Å². The number of hydrogen-bond acceptors (Lipinski definition) is 6. The van der Waals surface area contributed by atoms with E-state index < -0.39 is 0 Å². The lowest BCUT2D eigenvalue weighted by Crippen LogP contribution is -2.31. The number of rotatable bonds is 5. The van der Waals surface area contributed by atoms with Crippen LogP contribution in [-0.4, -0.2) is 28.9 Å². The molecule has 0 bridgehead atoms. The lowest BCUT2D eigenvalue weighted by molar-refractivity contribution is -0.117. The monoisotopic (exact) mass is 362 g/mol. The maximum atomic E-state index is 12.5. The topological polar surface area (TPSA) is 109 Å². The van der Waals surface area contributed by atoms with Gasteiger partial charge < -0.3 is 21.7 Å². The van der Waals surface area contributed by atoms with E-state index in [1.807, 2.05) is 48.4 Å². The van der Waals surface area contributed by atoms with Crippen molar-refractivity contribution in [1.82, 2.24) is 10.2 Å². The summed E-state index contributed by atoms with van der Waals surface area (Å²) in [6, 6.07) is 5.48. The molecular weight excluding hydrogens is 340 g/mol. The van der Waals surface area contributed by atoms with Gasteiger partial charge in [0.2, 0.25) is 0 Å². The van der Waals surface area contributed by atoms with E-state index in [0.29, 0.717) is 41.7 Å². The van der Waals surface area contributed by atoms with Crippen molar-refractivity contribution in [3.8, 4) is 0 Å². The molecule has 0 aromatic heterocycles. The Balaban J connectivity index is 1.67. The number of nitrogens with one attached hydrogen (secondary N) is 1. The van der Waals surface area contributed by atoms with Crippen LogP contribution < -0.4 is 16.8 Å². The number of allylic oxidation sites excluding steroid dienone is 3. The number of nitrogen functional groups attached to an aromatic ring is 1. The molecule has 2 heterocycles. The number of anilines is 1. The van der Waals surface area contributed by atoms with Crippen LogP contribution >= 0.6 is 0 Å². The van der Waals surface area contributed by atoms with Crippen LogP contribution in [0.1, 0.15) is 12.5 Å². The highest BCUT2D eigenvalue weighted by atomic mass is 16.2. The number of carbonyl (C=O) groups is 1. The molecule has 0 spiro atoms. The molecule has 2 aliphatic rings. The fraction of sp³-hybridized carbons (Fsp3) is 0.150.